The van der Waals surface area contributed by atoms with Crippen LogP contribution >= 0.6 is 15.9 Å². The summed E-state index contributed by atoms with van der Waals surface area (Å²) in [5.41, 5.74) is 2.48. The number of hydrogen-bond donors (Lipinski definition) is 1. The molecular formula is C16H26BrNO2S. The molecule has 1 N–H and O–H groups in total. The van der Waals surface area contributed by atoms with Gasteiger partial charge in [0, 0.05) is 16.3 Å². The smallest absolute Gasteiger partial charge is 0.150 e. The minimum absolute atomic E-state index is 0.217. The van der Waals surface area contributed by atoms with E-state index in [0.29, 0.717) is 6.42 Å². The number of benzene rings is 1. The highest BCUT2D eigenvalue weighted by Gasteiger charge is 2.16. The molecule has 1 rings (SSSR count). The molecule has 0 aliphatic rings. The summed E-state index contributed by atoms with van der Waals surface area (Å²) in [7, 11) is -2.87. The quantitative estimate of drug-likeness (QED) is 0.708. The molecule has 3 nitrogen and oxygen atoms in total. The minimum atomic E-state index is -2.87. The standard InChI is InChI=1S/C16H26BrNO2S/c1-4-11-18-16(10-7-12-21(19,20)5-2)14-8-6-9-15(17)13(14)3/h6,8-9,16,18H,4-5,7,10-12H2,1-3H3. The van der Waals surface area contributed by atoms with Crippen LogP contribution in [0.5, 0.6) is 0 Å². The van der Waals surface area contributed by atoms with Crippen molar-refractivity contribution < 1.29 is 8.42 Å². The van der Waals surface area contributed by atoms with Crippen molar-refractivity contribution in [2.45, 2.75) is 46.1 Å². The first kappa shape index (κ1) is 18.7. The van der Waals surface area contributed by atoms with E-state index < -0.39 is 9.84 Å². The van der Waals surface area contributed by atoms with E-state index in [-0.39, 0.29) is 17.5 Å². The van der Waals surface area contributed by atoms with Crippen molar-refractivity contribution in [1.29, 1.82) is 0 Å². The molecule has 1 aromatic rings. The highest BCUT2D eigenvalue weighted by atomic mass is 79.9. The SMILES string of the molecule is CCCNC(CCCS(=O)(=O)CC)c1cccc(Br)c1C. The maximum absolute atomic E-state index is 11.6. The molecule has 0 aromatic heterocycles. The zero-order chi connectivity index (χ0) is 15.9. The summed E-state index contributed by atoms with van der Waals surface area (Å²) in [5, 5.41) is 3.54. The van der Waals surface area contributed by atoms with Crippen LogP contribution in [0.2, 0.25) is 0 Å². The number of sulfone groups is 1. The van der Waals surface area contributed by atoms with Crippen molar-refractivity contribution in [2.24, 2.45) is 0 Å². The Kier molecular flexibility index (Phi) is 7.92. The van der Waals surface area contributed by atoms with Gasteiger partial charge in [-0.1, -0.05) is 41.9 Å². The molecule has 0 radical (unpaired) electrons. The van der Waals surface area contributed by atoms with E-state index >= 15 is 0 Å². The van der Waals surface area contributed by atoms with Crippen LogP contribution in [0, 0.1) is 6.92 Å². The molecule has 1 unspecified atom stereocenters. The lowest BCUT2D eigenvalue weighted by molar-refractivity contribution is 0.490. The lowest BCUT2D eigenvalue weighted by atomic mass is 9.97. The van der Waals surface area contributed by atoms with Gasteiger partial charge in [-0.15, -0.1) is 0 Å². The van der Waals surface area contributed by atoms with Gasteiger partial charge in [0.05, 0.1) is 5.75 Å². The Morgan fingerprint density at radius 1 is 1.29 bits per heavy atom. The van der Waals surface area contributed by atoms with Crippen LogP contribution in [0.4, 0.5) is 0 Å². The van der Waals surface area contributed by atoms with Gasteiger partial charge >= 0.3 is 0 Å². The molecule has 0 aliphatic heterocycles. The summed E-state index contributed by atoms with van der Waals surface area (Å²) in [6.07, 6.45) is 2.61. The zero-order valence-electron chi connectivity index (χ0n) is 13.2. The topological polar surface area (TPSA) is 46.2 Å². The maximum Gasteiger partial charge on any atom is 0.150 e. The summed E-state index contributed by atoms with van der Waals surface area (Å²) in [6, 6.07) is 6.42. The predicted octanol–water partition coefficient (Wildman–Crippen LogP) is 4.01. The van der Waals surface area contributed by atoms with Gasteiger partial charge in [-0.2, -0.15) is 0 Å². The Balaban J connectivity index is 2.78. The first-order chi connectivity index (χ1) is 9.91. The van der Waals surface area contributed by atoms with Gasteiger partial charge < -0.3 is 5.32 Å². The Morgan fingerprint density at radius 3 is 2.62 bits per heavy atom. The van der Waals surface area contributed by atoms with Crippen LogP contribution in [0.25, 0.3) is 0 Å². The number of nitrogens with one attached hydrogen (secondary N) is 1. The molecule has 0 fully saturated rings. The van der Waals surface area contributed by atoms with E-state index in [1.807, 2.05) is 12.1 Å². The summed E-state index contributed by atoms with van der Waals surface area (Å²) >= 11 is 3.57. The highest BCUT2D eigenvalue weighted by Crippen LogP contribution is 2.27. The van der Waals surface area contributed by atoms with Gasteiger partial charge in [0.15, 0.2) is 0 Å². The Hall–Kier alpha value is -0.390. The Bertz CT molecular complexity index is 543. The fourth-order valence-electron chi connectivity index (χ4n) is 2.34. The van der Waals surface area contributed by atoms with Gasteiger partial charge in [-0.3, -0.25) is 0 Å². The predicted molar refractivity (Wildman–Crippen MR) is 93.5 cm³/mol. The monoisotopic (exact) mass is 375 g/mol. The van der Waals surface area contributed by atoms with Gasteiger partial charge in [0.2, 0.25) is 0 Å². The van der Waals surface area contributed by atoms with Crippen LogP contribution in [0.15, 0.2) is 22.7 Å². The van der Waals surface area contributed by atoms with Crippen LogP contribution < -0.4 is 5.32 Å². The lowest BCUT2D eigenvalue weighted by Crippen LogP contribution is -2.24. The van der Waals surface area contributed by atoms with Crippen molar-refractivity contribution in [3.05, 3.63) is 33.8 Å². The highest BCUT2D eigenvalue weighted by molar-refractivity contribution is 9.10. The van der Waals surface area contributed by atoms with Crippen molar-refractivity contribution in [2.75, 3.05) is 18.1 Å². The molecule has 0 spiro atoms. The molecule has 1 aromatic carbocycles. The second-order valence-electron chi connectivity index (χ2n) is 5.34. The van der Waals surface area contributed by atoms with E-state index in [9.17, 15) is 8.42 Å². The summed E-state index contributed by atoms with van der Waals surface area (Å²) in [5.74, 6) is 0.511. The molecule has 0 saturated carbocycles. The van der Waals surface area contributed by atoms with E-state index in [4.69, 9.17) is 0 Å². The van der Waals surface area contributed by atoms with Crippen molar-refractivity contribution in [1.82, 2.24) is 5.32 Å². The molecule has 5 heteroatoms. The van der Waals surface area contributed by atoms with E-state index in [1.54, 1.807) is 6.92 Å². The third-order valence-electron chi connectivity index (χ3n) is 3.71. The van der Waals surface area contributed by atoms with Crippen LogP contribution in [-0.4, -0.2) is 26.5 Å². The van der Waals surface area contributed by atoms with Gasteiger partial charge in [0.25, 0.3) is 0 Å². The second-order valence-corrected chi connectivity index (χ2v) is 8.67. The molecule has 0 amide bonds. The molecule has 0 bridgehead atoms. The van der Waals surface area contributed by atoms with E-state index in [1.165, 1.54) is 11.1 Å². The normalized spacial score (nSPS) is 13.3. The van der Waals surface area contributed by atoms with Crippen molar-refractivity contribution in [3.63, 3.8) is 0 Å². The second kappa shape index (κ2) is 8.91. The summed E-state index contributed by atoms with van der Waals surface area (Å²) in [4.78, 5) is 0. The van der Waals surface area contributed by atoms with Crippen LogP contribution in [0.1, 0.15) is 50.3 Å². The molecule has 120 valence electrons. The summed E-state index contributed by atoms with van der Waals surface area (Å²) < 4.78 is 24.4. The maximum atomic E-state index is 11.6. The molecule has 21 heavy (non-hydrogen) atoms. The lowest BCUT2D eigenvalue weighted by Gasteiger charge is -2.21. The molecule has 0 heterocycles. The van der Waals surface area contributed by atoms with E-state index in [2.05, 4.69) is 41.2 Å². The van der Waals surface area contributed by atoms with Gasteiger partial charge in [-0.25, -0.2) is 8.42 Å². The average molecular weight is 376 g/mol. The van der Waals surface area contributed by atoms with Gasteiger partial charge in [0.1, 0.15) is 9.84 Å². The van der Waals surface area contributed by atoms with Crippen LogP contribution in [-0.2, 0) is 9.84 Å². The minimum Gasteiger partial charge on any atom is -0.310 e. The fraction of sp³-hybridized carbons (Fsp3) is 0.625. The Morgan fingerprint density at radius 2 is 2.00 bits per heavy atom. The van der Waals surface area contributed by atoms with Crippen LogP contribution in [0.3, 0.4) is 0 Å². The first-order valence-electron chi connectivity index (χ1n) is 7.60. The number of hydrogen-bond acceptors (Lipinski definition) is 3. The summed E-state index contributed by atoms with van der Waals surface area (Å²) in [6.45, 7) is 6.89. The molecular weight excluding hydrogens is 350 g/mol. The third kappa shape index (κ3) is 6.09. The molecule has 1 atom stereocenters. The van der Waals surface area contributed by atoms with Gasteiger partial charge in [-0.05, 0) is 49.9 Å². The molecule has 0 saturated heterocycles. The zero-order valence-corrected chi connectivity index (χ0v) is 15.6. The average Bonchev–Trinajstić information content (AvgIpc) is 2.46. The van der Waals surface area contributed by atoms with Crippen molar-refractivity contribution in [3.8, 4) is 0 Å². The van der Waals surface area contributed by atoms with Crippen molar-refractivity contribution >= 4 is 25.8 Å². The number of rotatable bonds is 9. The van der Waals surface area contributed by atoms with E-state index in [0.717, 1.165) is 23.9 Å². The largest absolute Gasteiger partial charge is 0.310 e. The Labute approximate surface area is 137 Å². The first-order valence-corrected chi connectivity index (χ1v) is 10.2. The fourth-order valence-corrected chi connectivity index (χ4v) is 3.62. The third-order valence-corrected chi connectivity index (χ3v) is 6.36. The number of halogens is 1. The molecule has 0 aliphatic carbocycles.